The number of carbonyl (C=O) groups excluding carboxylic acids is 2. The molecular weight excluding hydrogens is 350 g/mol. The number of hydrogen-bond donors (Lipinski definition) is 1. The van der Waals surface area contributed by atoms with Crippen molar-refractivity contribution < 1.29 is 9.59 Å². The second-order valence-corrected chi connectivity index (χ2v) is 7.96. The van der Waals surface area contributed by atoms with Crippen molar-refractivity contribution in [2.24, 2.45) is 0 Å². The molecule has 0 radical (unpaired) electrons. The van der Waals surface area contributed by atoms with Crippen LogP contribution in [-0.4, -0.2) is 53.3 Å². The fourth-order valence-corrected chi connectivity index (χ4v) is 4.25. The van der Waals surface area contributed by atoms with Gasteiger partial charge >= 0.3 is 0 Å². The van der Waals surface area contributed by atoms with Crippen molar-refractivity contribution in [3.63, 3.8) is 0 Å². The minimum absolute atomic E-state index is 0.0362. The van der Waals surface area contributed by atoms with E-state index in [4.69, 9.17) is 0 Å². The van der Waals surface area contributed by atoms with Crippen LogP contribution in [0.4, 0.5) is 0 Å². The fourth-order valence-electron chi connectivity index (χ4n) is 4.25. The van der Waals surface area contributed by atoms with Gasteiger partial charge in [-0.2, -0.15) is 0 Å². The Balaban J connectivity index is 1.43. The largest absolute Gasteiger partial charge is 0.342 e. The summed E-state index contributed by atoms with van der Waals surface area (Å²) in [4.78, 5) is 29.8. The van der Waals surface area contributed by atoms with Crippen molar-refractivity contribution in [2.45, 2.75) is 38.9 Å². The van der Waals surface area contributed by atoms with Crippen LogP contribution >= 0.6 is 0 Å². The number of rotatable bonds is 4. The lowest BCUT2D eigenvalue weighted by molar-refractivity contribution is -0.153. The SMILES string of the molecule is Cc1ccc(CN2CCN3C(=O)[C@@H](Cc4ccccc4)NC(=O)[C@H]3C2)c(C)c1. The number of benzene rings is 2. The van der Waals surface area contributed by atoms with E-state index in [1.54, 1.807) is 4.90 Å². The summed E-state index contributed by atoms with van der Waals surface area (Å²) in [5.41, 5.74) is 4.87. The summed E-state index contributed by atoms with van der Waals surface area (Å²) in [6.07, 6.45) is 0.543. The summed E-state index contributed by atoms with van der Waals surface area (Å²) in [7, 11) is 0. The Morgan fingerprint density at radius 1 is 1.04 bits per heavy atom. The molecule has 2 aliphatic rings. The van der Waals surface area contributed by atoms with Gasteiger partial charge in [-0.1, -0.05) is 54.1 Å². The Morgan fingerprint density at radius 2 is 1.82 bits per heavy atom. The van der Waals surface area contributed by atoms with E-state index in [0.29, 0.717) is 19.5 Å². The monoisotopic (exact) mass is 377 g/mol. The summed E-state index contributed by atoms with van der Waals surface area (Å²) < 4.78 is 0. The topological polar surface area (TPSA) is 52.6 Å². The maximum absolute atomic E-state index is 13.0. The molecule has 2 aromatic carbocycles. The van der Waals surface area contributed by atoms with Crippen LogP contribution in [-0.2, 0) is 22.6 Å². The number of aryl methyl sites for hydroxylation is 2. The number of carbonyl (C=O) groups is 2. The highest BCUT2D eigenvalue weighted by Crippen LogP contribution is 2.21. The molecule has 2 heterocycles. The first-order valence-electron chi connectivity index (χ1n) is 9.94. The number of nitrogens with zero attached hydrogens (tertiary/aromatic N) is 2. The lowest BCUT2D eigenvalue weighted by Crippen LogP contribution is -2.69. The Morgan fingerprint density at radius 3 is 2.57 bits per heavy atom. The van der Waals surface area contributed by atoms with Gasteiger partial charge in [-0.25, -0.2) is 0 Å². The van der Waals surface area contributed by atoms with Crippen molar-refractivity contribution in [1.29, 1.82) is 0 Å². The van der Waals surface area contributed by atoms with Gasteiger partial charge in [0.2, 0.25) is 11.8 Å². The van der Waals surface area contributed by atoms with Gasteiger partial charge in [-0.15, -0.1) is 0 Å². The molecule has 0 bridgehead atoms. The maximum atomic E-state index is 13.0. The molecule has 0 aliphatic carbocycles. The summed E-state index contributed by atoms with van der Waals surface area (Å²) in [6.45, 7) is 7.02. The number of fused-ring (bicyclic) bond motifs is 1. The molecule has 2 fully saturated rings. The lowest BCUT2D eigenvalue weighted by Gasteiger charge is -2.45. The summed E-state index contributed by atoms with van der Waals surface area (Å²) in [6, 6.07) is 15.5. The highest BCUT2D eigenvalue weighted by molar-refractivity contribution is 5.97. The van der Waals surface area contributed by atoms with Crippen molar-refractivity contribution in [2.75, 3.05) is 19.6 Å². The molecule has 2 atom stereocenters. The number of nitrogens with one attached hydrogen (secondary N) is 1. The van der Waals surface area contributed by atoms with E-state index < -0.39 is 6.04 Å². The third-order valence-electron chi connectivity index (χ3n) is 5.84. The smallest absolute Gasteiger partial charge is 0.246 e. The summed E-state index contributed by atoms with van der Waals surface area (Å²) in [5, 5.41) is 2.96. The molecule has 2 amide bonds. The third-order valence-corrected chi connectivity index (χ3v) is 5.84. The maximum Gasteiger partial charge on any atom is 0.246 e. The van der Waals surface area contributed by atoms with Gasteiger partial charge in [-0.05, 0) is 30.5 Å². The molecule has 2 saturated heterocycles. The zero-order chi connectivity index (χ0) is 19.7. The molecule has 5 nitrogen and oxygen atoms in total. The van der Waals surface area contributed by atoms with Gasteiger partial charge in [0, 0.05) is 32.6 Å². The van der Waals surface area contributed by atoms with Crippen LogP contribution in [0.2, 0.25) is 0 Å². The Bertz CT molecular complexity index is 881. The Kier molecular flexibility index (Phi) is 5.18. The van der Waals surface area contributed by atoms with E-state index in [0.717, 1.165) is 18.7 Å². The average Bonchev–Trinajstić information content (AvgIpc) is 2.69. The Hall–Kier alpha value is -2.66. The predicted octanol–water partition coefficient (Wildman–Crippen LogP) is 2.06. The molecule has 0 saturated carbocycles. The predicted molar refractivity (Wildman–Crippen MR) is 109 cm³/mol. The molecular formula is C23H27N3O2. The molecule has 0 unspecified atom stereocenters. The van der Waals surface area contributed by atoms with Crippen LogP contribution in [0.15, 0.2) is 48.5 Å². The second kappa shape index (κ2) is 7.76. The van der Waals surface area contributed by atoms with Crippen molar-refractivity contribution >= 4 is 11.8 Å². The molecule has 4 rings (SSSR count). The molecule has 146 valence electrons. The van der Waals surface area contributed by atoms with Crippen molar-refractivity contribution in [1.82, 2.24) is 15.1 Å². The molecule has 28 heavy (non-hydrogen) atoms. The average molecular weight is 377 g/mol. The van der Waals surface area contributed by atoms with E-state index in [1.165, 1.54) is 16.7 Å². The van der Waals surface area contributed by atoms with Crippen LogP contribution in [0.25, 0.3) is 0 Å². The van der Waals surface area contributed by atoms with Gasteiger partial charge in [0.25, 0.3) is 0 Å². The minimum Gasteiger partial charge on any atom is -0.342 e. The van der Waals surface area contributed by atoms with E-state index in [2.05, 4.69) is 42.3 Å². The molecule has 0 aromatic heterocycles. The minimum atomic E-state index is -0.461. The molecule has 2 aromatic rings. The van der Waals surface area contributed by atoms with E-state index >= 15 is 0 Å². The van der Waals surface area contributed by atoms with Crippen LogP contribution in [0.5, 0.6) is 0 Å². The van der Waals surface area contributed by atoms with Gasteiger partial charge in [0.05, 0.1) is 0 Å². The van der Waals surface area contributed by atoms with Crippen LogP contribution in [0, 0.1) is 13.8 Å². The molecule has 2 aliphatic heterocycles. The normalized spacial score (nSPS) is 22.7. The van der Waals surface area contributed by atoms with Gasteiger partial charge in [-0.3, -0.25) is 14.5 Å². The Labute approximate surface area is 166 Å². The lowest BCUT2D eigenvalue weighted by atomic mass is 9.98. The standard InChI is InChI=1S/C23H27N3O2/c1-16-8-9-19(17(2)12-16)14-25-10-11-26-21(15-25)22(27)24-20(23(26)28)13-18-6-4-3-5-7-18/h3-9,12,20-21H,10-11,13-15H2,1-2H3,(H,24,27)/t20-,21-/m1/s1. The number of piperazine rings is 2. The number of amides is 2. The zero-order valence-corrected chi connectivity index (χ0v) is 16.5. The summed E-state index contributed by atoms with van der Waals surface area (Å²) >= 11 is 0. The zero-order valence-electron chi connectivity index (χ0n) is 16.5. The quantitative estimate of drug-likeness (QED) is 0.887. The van der Waals surface area contributed by atoms with Crippen molar-refractivity contribution in [3.05, 3.63) is 70.8 Å². The van der Waals surface area contributed by atoms with E-state index in [9.17, 15) is 9.59 Å². The molecule has 1 N–H and O–H groups in total. The van der Waals surface area contributed by atoms with Gasteiger partial charge in [0.1, 0.15) is 12.1 Å². The molecule has 5 heteroatoms. The van der Waals surface area contributed by atoms with Crippen LogP contribution in [0.3, 0.4) is 0 Å². The van der Waals surface area contributed by atoms with E-state index in [1.807, 2.05) is 30.3 Å². The second-order valence-electron chi connectivity index (χ2n) is 7.96. The van der Waals surface area contributed by atoms with Crippen LogP contribution < -0.4 is 5.32 Å². The van der Waals surface area contributed by atoms with E-state index in [-0.39, 0.29) is 17.9 Å². The first kappa shape index (κ1) is 18.7. The van der Waals surface area contributed by atoms with Crippen molar-refractivity contribution in [3.8, 4) is 0 Å². The highest BCUT2D eigenvalue weighted by atomic mass is 16.2. The van der Waals surface area contributed by atoms with Gasteiger partial charge < -0.3 is 10.2 Å². The highest BCUT2D eigenvalue weighted by Gasteiger charge is 2.43. The fraction of sp³-hybridized carbons (Fsp3) is 0.391. The molecule has 0 spiro atoms. The summed E-state index contributed by atoms with van der Waals surface area (Å²) in [5.74, 6) is 0.00507. The number of hydrogen-bond acceptors (Lipinski definition) is 3. The first-order valence-corrected chi connectivity index (χ1v) is 9.94. The first-order chi connectivity index (χ1) is 13.5. The third kappa shape index (κ3) is 3.80. The van der Waals surface area contributed by atoms with Gasteiger partial charge in [0.15, 0.2) is 0 Å². The van der Waals surface area contributed by atoms with Crippen LogP contribution in [0.1, 0.15) is 22.3 Å².